The topological polar surface area (TPSA) is 77.4 Å². The van der Waals surface area contributed by atoms with Crippen LogP contribution in [0.15, 0.2) is 11.8 Å². The third kappa shape index (κ3) is 53.9. The largest absolute Gasteiger partial charge is 0.876 e. The molecule has 0 aliphatic rings. The second-order valence-corrected chi connectivity index (χ2v) is 1.88. The van der Waals surface area contributed by atoms with Gasteiger partial charge >= 0.3 is 0 Å². The van der Waals surface area contributed by atoms with Crippen molar-refractivity contribution in [2.45, 2.75) is 20.8 Å². The van der Waals surface area contributed by atoms with Gasteiger partial charge in [0.25, 0.3) is 5.97 Å². The summed E-state index contributed by atoms with van der Waals surface area (Å²) in [6.45, 7) is 3.78. The number of carboxylic acids is 1. The Morgan fingerprint density at radius 2 is 1.55 bits per heavy atom. The highest BCUT2D eigenvalue weighted by Gasteiger charge is 1.76. The molecule has 0 heterocycles. The molecular weight excluding hydrogens is 148 g/mol. The SMILES string of the molecule is CC(=O)/C=C(/C)[O-].CC(=O)O. The molecule has 0 radical (unpaired) electrons. The van der Waals surface area contributed by atoms with Crippen molar-refractivity contribution in [2.24, 2.45) is 0 Å². The molecule has 0 spiro atoms. The molecular formula is C7H11O4-. The van der Waals surface area contributed by atoms with Crippen molar-refractivity contribution >= 4 is 11.8 Å². The van der Waals surface area contributed by atoms with E-state index in [2.05, 4.69) is 0 Å². The van der Waals surface area contributed by atoms with Crippen molar-refractivity contribution in [3.63, 3.8) is 0 Å². The fourth-order valence-electron chi connectivity index (χ4n) is 0.286. The van der Waals surface area contributed by atoms with Crippen LogP contribution in [0.2, 0.25) is 0 Å². The Balaban J connectivity index is 0. The second kappa shape index (κ2) is 6.80. The summed E-state index contributed by atoms with van der Waals surface area (Å²) in [4.78, 5) is 19.0. The third-order valence-electron chi connectivity index (χ3n) is 0.407. The number of ketones is 1. The van der Waals surface area contributed by atoms with Crippen LogP contribution in [0.1, 0.15) is 20.8 Å². The molecule has 0 aliphatic carbocycles. The summed E-state index contributed by atoms with van der Waals surface area (Å²) in [5, 5.41) is 17.4. The number of carbonyl (C=O) groups is 2. The van der Waals surface area contributed by atoms with E-state index in [-0.39, 0.29) is 11.5 Å². The van der Waals surface area contributed by atoms with Crippen LogP contribution < -0.4 is 5.11 Å². The molecule has 0 saturated heterocycles. The van der Waals surface area contributed by atoms with Gasteiger partial charge in [0.1, 0.15) is 0 Å². The molecule has 0 amide bonds. The van der Waals surface area contributed by atoms with E-state index >= 15 is 0 Å². The average molecular weight is 159 g/mol. The monoisotopic (exact) mass is 159 g/mol. The van der Waals surface area contributed by atoms with E-state index in [0.29, 0.717) is 0 Å². The Bertz CT molecular complexity index is 161. The number of carboxylic acid groups (broad SMARTS) is 1. The van der Waals surface area contributed by atoms with E-state index < -0.39 is 5.97 Å². The maximum Gasteiger partial charge on any atom is 0.300 e. The highest BCUT2D eigenvalue weighted by atomic mass is 16.4. The number of aliphatic carboxylic acids is 1. The quantitative estimate of drug-likeness (QED) is 0.429. The molecule has 64 valence electrons. The Hall–Kier alpha value is -1.32. The molecule has 11 heavy (non-hydrogen) atoms. The van der Waals surface area contributed by atoms with Crippen molar-refractivity contribution < 1.29 is 19.8 Å². The van der Waals surface area contributed by atoms with Gasteiger partial charge in [-0.25, -0.2) is 0 Å². The van der Waals surface area contributed by atoms with Crippen molar-refractivity contribution in [2.75, 3.05) is 0 Å². The predicted molar refractivity (Wildman–Crippen MR) is 37.7 cm³/mol. The lowest BCUT2D eigenvalue weighted by Gasteiger charge is -1.98. The van der Waals surface area contributed by atoms with Crippen molar-refractivity contribution in [3.8, 4) is 0 Å². The number of carbonyl (C=O) groups excluding carboxylic acids is 1. The minimum atomic E-state index is -0.833. The molecule has 0 aromatic heterocycles. The van der Waals surface area contributed by atoms with Crippen LogP contribution in [0.25, 0.3) is 0 Å². The second-order valence-electron chi connectivity index (χ2n) is 1.88. The first kappa shape index (κ1) is 12.4. The van der Waals surface area contributed by atoms with E-state index in [1.807, 2.05) is 0 Å². The van der Waals surface area contributed by atoms with Crippen LogP contribution in [0.4, 0.5) is 0 Å². The van der Waals surface area contributed by atoms with Crippen LogP contribution in [0.3, 0.4) is 0 Å². The molecule has 1 N–H and O–H groups in total. The molecule has 0 aromatic rings. The summed E-state index contributed by atoms with van der Waals surface area (Å²) < 4.78 is 0. The number of rotatable bonds is 1. The van der Waals surface area contributed by atoms with Crippen molar-refractivity contribution in [3.05, 3.63) is 11.8 Å². The van der Waals surface area contributed by atoms with Gasteiger partial charge in [-0.05, 0) is 13.0 Å². The van der Waals surface area contributed by atoms with E-state index in [9.17, 15) is 9.90 Å². The van der Waals surface area contributed by atoms with E-state index in [0.717, 1.165) is 13.0 Å². The van der Waals surface area contributed by atoms with Gasteiger partial charge in [-0.2, -0.15) is 0 Å². The van der Waals surface area contributed by atoms with Gasteiger partial charge in [-0.1, -0.05) is 6.92 Å². The molecule has 4 nitrogen and oxygen atoms in total. The normalized spacial score (nSPS) is 9.55. The first-order chi connectivity index (χ1) is 4.86. The zero-order valence-electron chi connectivity index (χ0n) is 6.75. The predicted octanol–water partition coefficient (Wildman–Crippen LogP) is -0.0696. The van der Waals surface area contributed by atoms with Crippen LogP contribution in [0, 0.1) is 0 Å². The van der Waals surface area contributed by atoms with Crippen LogP contribution in [0.5, 0.6) is 0 Å². The molecule has 0 fully saturated rings. The van der Waals surface area contributed by atoms with Gasteiger partial charge in [0.2, 0.25) is 0 Å². The fraction of sp³-hybridized carbons (Fsp3) is 0.429. The van der Waals surface area contributed by atoms with E-state index in [4.69, 9.17) is 9.90 Å². The fourth-order valence-corrected chi connectivity index (χ4v) is 0.286. The highest BCUT2D eigenvalue weighted by molar-refractivity contribution is 5.87. The van der Waals surface area contributed by atoms with Gasteiger partial charge < -0.3 is 10.2 Å². The lowest BCUT2D eigenvalue weighted by molar-refractivity contribution is -0.301. The lowest BCUT2D eigenvalue weighted by atomic mass is 10.4. The molecule has 0 rings (SSSR count). The summed E-state index contributed by atoms with van der Waals surface area (Å²) in [6, 6.07) is 0. The van der Waals surface area contributed by atoms with Gasteiger partial charge in [0.15, 0.2) is 5.78 Å². The maximum absolute atomic E-state index is 9.98. The summed E-state index contributed by atoms with van der Waals surface area (Å²) in [6.07, 6.45) is 1.06. The smallest absolute Gasteiger partial charge is 0.300 e. The number of hydrogen-bond donors (Lipinski definition) is 1. The van der Waals surface area contributed by atoms with Gasteiger partial charge in [-0.3, -0.25) is 9.59 Å². The maximum atomic E-state index is 9.98. The molecule has 0 aliphatic heterocycles. The van der Waals surface area contributed by atoms with Gasteiger partial charge in [0.05, 0.1) is 0 Å². The molecule has 0 bridgehead atoms. The minimum Gasteiger partial charge on any atom is -0.876 e. The van der Waals surface area contributed by atoms with Crippen LogP contribution >= 0.6 is 0 Å². The molecule has 4 heteroatoms. The summed E-state index contributed by atoms with van der Waals surface area (Å²) >= 11 is 0. The summed E-state index contributed by atoms with van der Waals surface area (Å²) in [5.41, 5.74) is 0. The average Bonchev–Trinajstić information content (AvgIpc) is 1.56. The first-order valence-electron chi connectivity index (χ1n) is 2.91. The minimum absolute atomic E-state index is 0.187. The zero-order chi connectivity index (χ0) is 9.44. The summed E-state index contributed by atoms with van der Waals surface area (Å²) in [7, 11) is 0. The van der Waals surface area contributed by atoms with E-state index in [1.54, 1.807) is 0 Å². The Morgan fingerprint density at radius 3 is 1.55 bits per heavy atom. The standard InChI is InChI=1S/C5H8O2.C2H4O2/c1-4(6)3-5(2)7;1-2(3)4/h3,6H,1-2H3;1H3,(H,3,4)/p-1/b4-3-;. The lowest BCUT2D eigenvalue weighted by Crippen LogP contribution is -1.99. The third-order valence-corrected chi connectivity index (χ3v) is 0.407. The molecule has 0 atom stereocenters. The number of hydrogen-bond acceptors (Lipinski definition) is 3. The molecule has 0 unspecified atom stereocenters. The van der Waals surface area contributed by atoms with Gasteiger partial charge in [-0.15, -0.1) is 5.76 Å². The molecule has 0 aromatic carbocycles. The molecule has 0 saturated carbocycles. The van der Waals surface area contributed by atoms with Crippen LogP contribution in [-0.2, 0) is 9.59 Å². The summed E-state index contributed by atoms with van der Waals surface area (Å²) in [5.74, 6) is -1.21. The highest BCUT2D eigenvalue weighted by Crippen LogP contribution is 1.77. The Labute approximate surface area is 65.2 Å². The zero-order valence-corrected chi connectivity index (χ0v) is 6.75. The van der Waals surface area contributed by atoms with E-state index in [1.165, 1.54) is 13.8 Å². The Morgan fingerprint density at radius 1 is 1.27 bits per heavy atom. The van der Waals surface area contributed by atoms with Gasteiger partial charge in [0, 0.05) is 6.92 Å². The Kier molecular flexibility index (Phi) is 7.64. The first-order valence-corrected chi connectivity index (χ1v) is 2.91. The number of allylic oxidation sites excluding steroid dienone is 2. The van der Waals surface area contributed by atoms with Crippen LogP contribution in [-0.4, -0.2) is 16.9 Å². The van der Waals surface area contributed by atoms with Crippen molar-refractivity contribution in [1.82, 2.24) is 0 Å². The van der Waals surface area contributed by atoms with Crippen molar-refractivity contribution in [1.29, 1.82) is 0 Å².